The van der Waals surface area contributed by atoms with Crippen LogP contribution in [-0.2, 0) is 0 Å². The molecule has 0 saturated heterocycles. The third-order valence-corrected chi connectivity index (χ3v) is 3.86. The minimum absolute atomic E-state index is 0.317. The second-order valence-corrected chi connectivity index (χ2v) is 5.38. The number of hydrogen-bond donors (Lipinski definition) is 0. The molecule has 0 aliphatic rings. The van der Waals surface area contributed by atoms with Crippen molar-refractivity contribution >= 4 is 11.7 Å². The van der Waals surface area contributed by atoms with Gasteiger partial charge in [-0.25, -0.2) is 9.59 Å². The van der Waals surface area contributed by atoms with Crippen LogP contribution in [0.1, 0.15) is 18.5 Å². The molecule has 0 saturated carbocycles. The molecule has 0 aliphatic heterocycles. The van der Waals surface area contributed by atoms with E-state index in [0.29, 0.717) is 5.69 Å². The smallest absolute Gasteiger partial charge is 0.295 e. The highest BCUT2D eigenvalue weighted by molar-refractivity contribution is 5.92. The maximum absolute atomic E-state index is 12.5. The number of carbonyl (C=O) groups is 1. The lowest BCUT2D eigenvalue weighted by molar-refractivity contribution is 0.245. The van der Waals surface area contributed by atoms with Gasteiger partial charge < -0.3 is 0 Å². The lowest BCUT2D eigenvalue weighted by atomic mass is 10.1. The number of amides is 1. The zero-order chi connectivity index (χ0) is 17.1. The molecule has 2 aromatic carbocycles. The van der Waals surface area contributed by atoms with E-state index in [1.54, 1.807) is 19.2 Å². The Morgan fingerprint density at radius 1 is 1.00 bits per heavy atom. The minimum Gasteiger partial charge on any atom is -0.295 e. The van der Waals surface area contributed by atoms with Gasteiger partial charge in [-0.2, -0.15) is 4.68 Å². The van der Waals surface area contributed by atoms with E-state index < -0.39 is 11.7 Å². The van der Waals surface area contributed by atoms with Gasteiger partial charge in [0.25, 0.3) is 0 Å². The molecule has 7 heteroatoms. The molecule has 0 bridgehead atoms. The van der Waals surface area contributed by atoms with Gasteiger partial charge in [0.15, 0.2) is 0 Å². The van der Waals surface area contributed by atoms with E-state index in [1.807, 2.05) is 55.5 Å². The maximum Gasteiger partial charge on any atom is 0.373 e. The van der Waals surface area contributed by atoms with Crippen LogP contribution in [0.3, 0.4) is 0 Å². The fourth-order valence-corrected chi connectivity index (χ4v) is 2.40. The van der Waals surface area contributed by atoms with Crippen molar-refractivity contribution in [1.29, 1.82) is 0 Å². The number of carbonyl (C=O) groups excluding carboxylic acids is 1. The van der Waals surface area contributed by atoms with Crippen LogP contribution < -0.4 is 10.6 Å². The Balaban J connectivity index is 1.90. The zero-order valence-corrected chi connectivity index (χ0v) is 13.4. The van der Waals surface area contributed by atoms with Crippen molar-refractivity contribution in [2.45, 2.75) is 13.0 Å². The van der Waals surface area contributed by atoms with Gasteiger partial charge in [-0.15, -0.1) is 4.68 Å². The molecule has 3 aromatic rings. The number of tetrazole rings is 1. The van der Waals surface area contributed by atoms with Crippen molar-refractivity contribution in [2.75, 3.05) is 11.9 Å². The fraction of sp³-hybridized carbons (Fsp3) is 0.176. The SMILES string of the molecule is C[C@@H](c1ccccc1)n1nnn(C(=O)N(C)c2ccccc2)c1=O. The van der Waals surface area contributed by atoms with Crippen molar-refractivity contribution in [3.63, 3.8) is 0 Å². The van der Waals surface area contributed by atoms with Crippen LogP contribution in [0.2, 0.25) is 0 Å². The molecule has 122 valence electrons. The number of anilines is 1. The maximum atomic E-state index is 12.5. The number of nitrogens with zero attached hydrogens (tertiary/aromatic N) is 5. The van der Waals surface area contributed by atoms with Crippen molar-refractivity contribution in [3.05, 3.63) is 76.7 Å². The van der Waals surface area contributed by atoms with Gasteiger partial charge in [-0.1, -0.05) is 48.5 Å². The average Bonchev–Trinajstić information content (AvgIpc) is 3.02. The molecule has 3 rings (SSSR count). The van der Waals surface area contributed by atoms with Gasteiger partial charge in [0.1, 0.15) is 0 Å². The van der Waals surface area contributed by atoms with Crippen LogP contribution in [0.4, 0.5) is 10.5 Å². The molecule has 1 atom stereocenters. The Bertz CT molecular complexity index is 886. The summed E-state index contributed by atoms with van der Waals surface area (Å²) >= 11 is 0. The second-order valence-electron chi connectivity index (χ2n) is 5.38. The van der Waals surface area contributed by atoms with Crippen LogP contribution in [0.25, 0.3) is 0 Å². The summed E-state index contributed by atoms with van der Waals surface area (Å²) in [6.45, 7) is 1.83. The fourth-order valence-electron chi connectivity index (χ4n) is 2.40. The highest BCUT2D eigenvalue weighted by atomic mass is 16.2. The molecule has 0 radical (unpaired) electrons. The highest BCUT2D eigenvalue weighted by Gasteiger charge is 2.22. The average molecular weight is 323 g/mol. The van der Waals surface area contributed by atoms with Crippen LogP contribution >= 0.6 is 0 Å². The molecular weight excluding hydrogens is 306 g/mol. The standard InChI is InChI=1S/C17H17N5O2/c1-13(14-9-5-3-6-10-14)21-17(24)22(19-18-21)16(23)20(2)15-11-7-4-8-12-15/h3-13H,1-2H3/t13-/m0/s1. The third kappa shape index (κ3) is 2.83. The van der Waals surface area contributed by atoms with E-state index in [-0.39, 0.29) is 6.04 Å². The van der Waals surface area contributed by atoms with Gasteiger partial charge in [0, 0.05) is 12.7 Å². The second kappa shape index (κ2) is 6.49. The normalized spacial score (nSPS) is 11.9. The molecule has 1 amide bonds. The van der Waals surface area contributed by atoms with E-state index in [4.69, 9.17) is 0 Å². The van der Waals surface area contributed by atoms with Gasteiger partial charge in [0.2, 0.25) is 0 Å². The van der Waals surface area contributed by atoms with Crippen molar-refractivity contribution in [1.82, 2.24) is 19.8 Å². The van der Waals surface area contributed by atoms with Crippen molar-refractivity contribution in [3.8, 4) is 0 Å². The molecule has 1 heterocycles. The van der Waals surface area contributed by atoms with Gasteiger partial charge in [-0.3, -0.25) is 4.90 Å². The molecule has 0 fully saturated rings. The molecule has 0 N–H and O–H groups in total. The van der Waals surface area contributed by atoms with Crippen molar-refractivity contribution in [2.24, 2.45) is 0 Å². The minimum atomic E-state index is -0.570. The predicted octanol–water partition coefficient (Wildman–Crippen LogP) is 2.15. The van der Waals surface area contributed by atoms with Crippen LogP contribution in [0.5, 0.6) is 0 Å². The molecule has 0 unspecified atom stereocenters. The summed E-state index contributed by atoms with van der Waals surface area (Å²) in [6, 6.07) is 17.6. The Kier molecular flexibility index (Phi) is 4.24. The number of rotatable bonds is 3. The van der Waals surface area contributed by atoms with Crippen molar-refractivity contribution < 1.29 is 4.79 Å². The van der Waals surface area contributed by atoms with Crippen LogP contribution in [0, 0.1) is 0 Å². The molecule has 1 aromatic heterocycles. The van der Waals surface area contributed by atoms with E-state index in [1.165, 1.54) is 9.58 Å². The summed E-state index contributed by atoms with van der Waals surface area (Å²) < 4.78 is 1.97. The molecule has 0 aliphatic carbocycles. The molecule has 7 nitrogen and oxygen atoms in total. The first kappa shape index (κ1) is 15.7. The quantitative estimate of drug-likeness (QED) is 0.692. The van der Waals surface area contributed by atoms with Crippen LogP contribution in [-0.4, -0.2) is 32.9 Å². The summed E-state index contributed by atoms with van der Waals surface area (Å²) in [4.78, 5) is 26.4. The van der Waals surface area contributed by atoms with Gasteiger partial charge in [-0.05, 0) is 35.0 Å². The van der Waals surface area contributed by atoms with Gasteiger partial charge >= 0.3 is 11.7 Å². The first-order valence-electron chi connectivity index (χ1n) is 7.52. The summed E-state index contributed by atoms with van der Waals surface area (Å²) in [5, 5.41) is 7.59. The topological polar surface area (TPSA) is 73.0 Å². The summed E-state index contributed by atoms with van der Waals surface area (Å²) in [5.41, 5.74) is 1.01. The monoisotopic (exact) mass is 323 g/mol. The Morgan fingerprint density at radius 2 is 1.58 bits per heavy atom. The first-order valence-corrected chi connectivity index (χ1v) is 7.52. The van der Waals surface area contributed by atoms with E-state index in [0.717, 1.165) is 10.2 Å². The third-order valence-electron chi connectivity index (χ3n) is 3.86. The largest absolute Gasteiger partial charge is 0.373 e. The predicted molar refractivity (Wildman–Crippen MR) is 90.2 cm³/mol. The Labute approximate surface area is 138 Å². The Hall–Kier alpha value is -3.22. The number of aromatic nitrogens is 4. The first-order chi connectivity index (χ1) is 11.6. The van der Waals surface area contributed by atoms with Gasteiger partial charge in [0.05, 0.1) is 6.04 Å². The highest BCUT2D eigenvalue weighted by Crippen LogP contribution is 2.14. The molecular formula is C17H17N5O2. The summed E-state index contributed by atoms with van der Waals surface area (Å²) in [6.07, 6.45) is 0. The number of benzene rings is 2. The molecule has 0 spiro atoms. The summed E-state index contributed by atoms with van der Waals surface area (Å²) in [5.74, 6) is 0. The summed E-state index contributed by atoms with van der Waals surface area (Å²) in [7, 11) is 1.59. The Morgan fingerprint density at radius 3 is 2.21 bits per heavy atom. The van der Waals surface area contributed by atoms with Crippen LogP contribution in [0.15, 0.2) is 65.5 Å². The lowest BCUT2D eigenvalue weighted by Crippen LogP contribution is -2.39. The van der Waals surface area contributed by atoms with E-state index in [9.17, 15) is 9.59 Å². The zero-order valence-electron chi connectivity index (χ0n) is 13.4. The van der Waals surface area contributed by atoms with E-state index >= 15 is 0 Å². The molecule has 24 heavy (non-hydrogen) atoms. The number of hydrogen-bond acceptors (Lipinski definition) is 4. The number of para-hydroxylation sites is 1. The van der Waals surface area contributed by atoms with E-state index in [2.05, 4.69) is 10.4 Å². The lowest BCUT2D eigenvalue weighted by Gasteiger charge is -2.15.